The summed E-state index contributed by atoms with van der Waals surface area (Å²) in [5.41, 5.74) is 2.93. The van der Waals surface area contributed by atoms with E-state index in [1.165, 1.54) is 17.0 Å². The minimum atomic E-state index is -0.185. The number of nitrogens with zero attached hydrogens (tertiary/aromatic N) is 2. The van der Waals surface area contributed by atoms with Crippen molar-refractivity contribution in [3.63, 3.8) is 0 Å². The molecule has 1 aliphatic rings. The molecule has 0 radical (unpaired) electrons. The van der Waals surface area contributed by atoms with Crippen LogP contribution in [0.1, 0.15) is 39.9 Å². The summed E-state index contributed by atoms with van der Waals surface area (Å²) < 4.78 is 0. The number of carbonyl (C=O) groups is 1. The average molecular weight is 316 g/mol. The quantitative estimate of drug-likeness (QED) is 0.912. The minimum Gasteiger partial charge on any atom is -0.337 e. The van der Waals surface area contributed by atoms with E-state index in [-0.39, 0.29) is 6.03 Å². The molecule has 0 aromatic carbocycles. The molecule has 0 saturated carbocycles. The van der Waals surface area contributed by atoms with E-state index < -0.39 is 0 Å². The number of pyridine rings is 1. The second kappa shape index (κ2) is 6.44. The van der Waals surface area contributed by atoms with Gasteiger partial charge in [0, 0.05) is 23.5 Å². The summed E-state index contributed by atoms with van der Waals surface area (Å²) in [7, 11) is 0. The third kappa shape index (κ3) is 3.27. The predicted molar refractivity (Wildman–Crippen MR) is 88.5 cm³/mol. The number of fused-ring (bicyclic) bond motifs is 1. The molecular weight excluding hydrogens is 296 g/mol. The van der Waals surface area contributed by atoms with Crippen molar-refractivity contribution >= 4 is 23.1 Å². The Morgan fingerprint density at radius 2 is 2.32 bits per heavy atom. The maximum atomic E-state index is 12.1. The Kier molecular flexibility index (Phi) is 4.38. The van der Waals surface area contributed by atoms with Gasteiger partial charge in [-0.25, -0.2) is 9.78 Å². The van der Waals surface area contributed by atoms with Crippen molar-refractivity contribution in [3.8, 4) is 0 Å². The molecule has 22 heavy (non-hydrogen) atoms. The highest BCUT2D eigenvalue weighted by Crippen LogP contribution is 2.34. The fraction of sp³-hybridized carbons (Fsp3) is 0.438. The molecule has 3 rings (SSSR count). The first-order chi connectivity index (χ1) is 10.6. The Labute approximate surface area is 134 Å². The van der Waals surface area contributed by atoms with Crippen LogP contribution in [-0.2, 0) is 6.42 Å². The van der Waals surface area contributed by atoms with E-state index in [9.17, 15) is 4.79 Å². The summed E-state index contributed by atoms with van der Waals surface area (Å²) in [5, 5.41) is 6.93. The summed E-state index contributed by atoms with van der Waals surface area (Å²) in [6.07, 6.45) is 6.76. The van der Waals surface area contributed by atoms with Crippen molar-refractivity contribution in [2.24, 2.45) is 0 Å². The molecule has 2 aromatic rings. The van der Waals surface area contributed by atoms with Gasteiger partial charge in [-0.05, 0) is 44.7 Å². The Morgan fingerprint density at radius 3 is 3.14 bits per heavy atom. The molecule has 1 aliphatic carbocycles. The van der Waals surface area contributed by atoms with Gasteiger partial charge >= 0.3 is 6.03 Å². The molecule has 2 aromatic heterocycles. The van der Waals surface area contributed by atoms with Crippen LogP contribution in [0, 0.1) is 13.8 Å². The zero-order chi connectivity index (χ0) is 15.5. The molecule has 0 saturated heterocycles. The Morgan fingerprint density at radius 1 is 1.45 bits per heavy atom. The Balaban J connectivity index is 1.59. The van der Waals surface area contributed by atoms with Crippen LogP contribution in [0.3, 0.4) is 0 Å². The maximum absolute atomic E-state index is 12.1. The molecule has 5 nitrogen and oxygen atoms in total. The van der Waals surface area contributed by atoms with Crippen LogP contribution in [0.4, 0.5) is 10.5 Å². The van der Waals surface area contributed by atoms with Crippen molar-refractivity contribution in [1.82, 2.24) is 15.3 Å². The van der Waals surface area contributed by atoms with Gasteiger partial charge in [0.05, 0.1) is 22.6 Å². The van der Waals surface area contributed by atoms with E-state index >= 15 is 0 Å². The second-order valence-corrected chi connectivity index (χ2v) is 6.94. The van der Waals surface area contributed by atoms with Crippen LogP contribution < -0.4 is 10.6 Å². The zero-order valence-electron chi connectivity index (χ0n) is 12.8. The molecule has 0 unspecified atom stereocenters. The first-order valence-electron chi connectivity index (χ1n) is 7.55. The van der Waals surface area contributed by atoms with Gasteiger partial charge in [0.25, 0.3) is 0 Å². The second-order valence-electron chi connectivity index (χ2n) is 5.66. The fourth-order valence-corrected chi connectivity index (χ4v) is 3.87. The highest BCUT2D eigenvalue weighted by atomic mass is 32.1. The van der Waals surface area contributed by atoms with Crippen LogP contribution >= 0.6 is 11.3 Å². The summed E-state index contributed by atoms with van der Waals surface area (Å²) >= 11 is 1.79. The van der Waals surface area contributed by atoms with E-state index in [2.05, 4.69) is 20.6 Å². The highest BCUT2D eigenvalue weighted by molar-refractivity contribution is 7.11. The number of urea groups is 1. The standard InChI is InChI=1S/C16H20N4OS/c1-10-6-7-17-9-13(10)20-16(21)18-8-12-4-3-5-14-15(12)19-11(2)22-14/h6-7,9,12H,3-5,8H2,1-2H3,(H2,18,20,21)/t12-/m0/s1. The lowest BCUT2D eigenvalue weighted by atomic mass is 9.91. The van der Waals surface area contributed by atoms with Crippen LogP contribution in [0.25, 0.3) is 0 Å². The van der Waals surface area contributed by atoms with Crippen LogP contribution in [-0.4, -0.2) is 22.5 Å². The van der Waals surface area contributed by atoms with Crippen LogP contribution in [0.2, 0.25) is 0 Å². The Hall–Kier alpha value is -1.95. The highest BCUT2D eigenvalue weighted by Gasteiger charge is 2.24. The van der Waals surface area contributed by atoms with E-state index in [0.29, 0.717) is 12.5 Å². The molecule has 6 heteroatoms. The number of nitrogens with one attached hydrogen (secondary N) is 2. The molecule has 2 amide bonds. The maximum Gasteiger partial charge on any atom is 0.319 e. The number of thiazole rings is 1. The summed E-state index contributed by atoms with van der Waals surface area (Å²) in [5.74, 6) is 0.328. The Bertz CT molecular complexity index is 683. The first-order valence-corrected chi connectivity index (χ1v) is 8.37. The number of rotatable bonds is 3. The summed E-state index contributed by atoms with van der Waals surface area (Å²) in [6.45, 7) is 4.62. The number of amides is 2. The fourth-order valence-electron chi connectivity index (χ4n) is 2.81. The first kappa shape index (κ1) is 15.0. The lowest BCUT2D eigenvalue weighted by Gasteiger charge is -2.21. The van der Waals surface area contributed by atoms with Crippen LogP contribution in [0.15, 0.2) is 18.5 Å². The largest absolute Gasteiger partial charge is 0.337 e. The zero-order valence-corrected chi connectivity index (χ0v) is 13.7. The van der Waals surface area contributed by atoms with Crippen molar-refractivity contribution in [1.29, 1.82) is 0 Å². The molecule has 2 heterocycles. The van der Waals surface area contributed by atoms with E-state index in [4.69, 9.17) is 0 Å². The number of anilines is 1. The normalized spacial score (nSPS) is 16.9. The van der Waals surface area contributed by atoms with Crippen molar-refractivity contribution in [3.05, 3.63) is 39.6 Å². The molecule has 0 fully saturated rings. The minimum absolute atomic E-state index is 0.185. The van der Waals surface area contributed by atoms with Gasteiger partial charge in [0.15, 0.2) is 0 Å². The number of hydrogen-bond acceptors (Lipinski definition) is 4. The smallest absolute Gasteiger partial charge is 0.319 e. The molecule has 2 N–H and O–H groups in total. The van der Waals surface area contributed by atoms with E-state index in [1.807, 2.05) is 19.9 Å². The van der Waals surface area contributed by atoms with Crippen molar-refractivity contribution in [2.75, 3.05) is 11.9 Å². The lowest BCUT2D eigenvalue weighted by molar-refractivity contribution is 0.251. The number of aryl methyl sites for hydroxylation is 3. The lowest BCUT2D eigenvalue weighted by Crippen LogP contribution is -2.33. The van der Waals surface area contributed by atoms with Gasteiger partial charge in [-0.1, -0.05) is 0 Å². The van der Waals surface area contributed by atoms with Gasteiger partial charge in [0.2, 0.25) is 0 Å². The average Bonchev–Trinajstić information content (AvgIpc) is 2.88. The molecule has 0 spiro atoms. The van der Waals surface area contributed by atoms with Gasteiger partial charge in [-0.2, -0.15) is 0 Å². The molecule has 0 bridgehead atoms. The van der Waals surface area contributed by atoms with Gasteiger partial charge in [-0.15, -0.1) is 11.3 Å². The van der Waals surface area contributed by atoms with Crippen molar-refractivity contribution in [2.45, 2.75) is 39.0 Å². The van der Waals surface area contributed by atoms with E-state index in [0.717, 1.165) is 29.1 Å². The molecule has 1 atom stereocenters. The molecule has 0 aliphatic heterocycles. The number of aromatic nitrogens is 2. The van der Waals surface area contributed by atoms with Gasteiger partial charge in [0.1, 0.15) is 0 Å². The van der Waals surface area contributed by atoms with Gasteiger partial charge < -0.3 is 10.6 Å². The topological polar surface area (TPSA) is 66.9 Å². The summed E-state index contributed by atoms with van der Waals surface area (Å²) in [6, 6.07) is 1.69. The summed E-state index contributed by atoms with van der Waals surface area (Å²) in [4.78, 5) is 22.1. The van der Waals surface area contributed by atoms with Gasteiger partial charge in [-0.3, -0.25) is 4.98 Å². The molecular formula is C16H20N4OS. The van der Waals surface area contributed by atoms with E-state index in [1.54, 1.807) is 23.7 Å². The number of carbonyl (C=O) groups excluding carboxylic acids is 1. The third-order valence-electron chi connectivity index (χ3n) is 3.97. The van der Waals surface area contributed by atoms with Crippen LogP contribution in [0.5, 0.6) is 0 Å². The van der Waals surface area contributed by atoms with Crippen molar-refractivity contribution < 1.29 is 4.79 Å². The number of hydrogen-bond donors (Lipinski definition) is 2. The SMILES string of the molecule is Cc1nc2c(s1)CCC[C@H]2CNC(=O)Nc1cnccc1C. The molecule has 116 valence electrons. The third-order valence-corrected chi connectivity index (χ3v) is 5.02. The predicted octanol–water partition coefficient (Wildman–Crippen LogP) is 3.40. The monoisotopic (exact) mass is 316 g/mol.